The maximum Gasteiger partial charge on any atom is 0.225 e. The van der Waals surface area contributed by atoms with Crippen LogP contribution in [0.5, 0.6) is 0 Å². The quantitative estimate of drug-likeness (QED) is 0.348. The van der Waals surface area contributed by atoms with Gasteiger partial charge in [-0.25, -0.2) is 0 Å². The Balaban J connectivity index is 0.00000225. The Morgan fingerprint density at radius 3 is 2.61 bits per heavy atom. The third-order valence-corrected chi connectivity index (χ3v) is 5.55. The van der Waals surface area contributed by atoms with Crippen LogP contribution in [-0.2, 0) is 4.79 Å². The van der Waals surface area contributed by atoms with E-state index in [1.807, 2.05) is 18.2 Å². The summed E-state index contributed by atoms with van der Waals surface area (Å²) >= 11 is 0. The number of para-hydroxylation sites is 1. The first-order valence-electron chi connectivity index (χ1n) is 9.57. The van der Waals surface area contributed by atoms with Crippen molar-refractivity contribution in [1.29, 1.82) is 0 Å². The van der Waals surface area contributed by atoms with Crippen molar-refractivity contribution in [2.75, 3.05) is 18.9 Å². The van der Waals surface area contributed by atoms with Gasteiger partial charge < -0.3 is 16.0 Å². The van der Waals surface area contributed by atoms with E-state index in [1.54, 1.807) is 7.05 Å². The monoisotopic (exact) mass is 490 g/mol. The average Bonchev–Trinajstić information content (AvgIpc) is 3.44. The highest BCUT2D eigenvalue weighted by Gasteiger charge is 2.39. The standard InChI is InChI=1S/C22H26N4O.HI/c1-14-7-3-4-8-16(14)18-12-20(18)26-22(23-2)24-13-15-11-21(27)25-19-10-6-5-9-17(15)19;/h3-10,15,18,20H,11-13H2,1-2H3,(H,25,27)(H2,23,24,26);1H. The second-order valence-electron chi connectivity index (χ2n) is 7.44. The number of halogens is 1. The van der Waals surface area contributed by atoms with Crippen LogP contribution in [0.15, 0.2) is 53.5 Å². The number of hydrogen-bond donors (Lipinski definition) is 3. The lowest BCUT2D eigenvalue weighted by atomic mass is 9.90. The normalized spacial score (nSPS) is 23.1. The van der Waals surface area contributed by atoms with Crippen molar-refractivity contribution in [3.8, 4) is 0 Å². The van der Waals surface area contributed by atoms with Gasteiger partial charge in [-0.15, -0.1) is 24.0 Å². The molecule has 0 aromatic heterocycles. The number of amides is 1. The number of aryl methyl sites for hydroxylation is 1. The van der Waals surface area contributed by atoms with Crippen molar-refractivity contribution in [2.24, 2.45) is 4.99 Å². The first-order chi connectivity index (χ1) is 13.2. The molecule has 1 aliphatic heterocycles. The Hall–Kier alpha value is -2.09. The molecule has 1 amide bonds. The highest BCUT2D eigenvalue weighted by atomic mass is 127. The summed E-state index contributed by atoms with van der Waals surface area (Å²) in [6.07, 6.45) is 1.62. The molecule has 3 N–H and O–H groups in total. The number of benzene rings is 2. The summed E-state index contributed by atoms with van der Waals surface area (Å²) in [5.74, 6) is 1.58. The summed E-state index contributed by atoms with van der Waals surface area (Å²) in [6.45, 7) is 2.86. The third-order valence-electron chi connectivity index (χ3n) is 5.55. The molecular weight excluding hydrogens is 463 g/mol. The molecule has 4 rings (SSSR count). The molecule has 5 nitrogen and oxygen atoms in total. The van der Waals surface area contributed by atoms with Crippen molar-refractivity contribution >= 4 is 41.5 Å². The molecule has 1 saturated carbocycles. The summed E-state index contributed by atoms with van der Waals surface area (Å²) in [4.78, 5) is 16.4. The molecule has 1 aliphatic carbocycles. The molecule has 3 unspecified atom stereocenters. The number of fused-ring (bicyclic) bond motifs is 1. The van der Waals surface area contributed by atoms with Gasteiger partial charge in [0.05, 0.1) is 0 Å². The number of aliphatic imine (C=N–C) groups is 1. The Morgan fingerprint density at radius 2 is 1.86 bits per heavy atom. The lowest BCUT2D eigenvalue weighted by Gasteiger charge is -2.26. The van der Waals surface area contributed by atoms with Crippen LogP contribution < -0.4 is 16.0 Å². The molecule has 2 aromatic carbocycles. The Morgan fingerprint density at radius 1 is 1.14 bits per heavy atom. The van der Waals surface area contributed by atoms with Gasteiger partial charge in [0.1, 0.15) is 0 Å². The molecule has 6 heteroatoms. The predicted molar refractivity (Wildman–Crippen MR) is 125 cm³/mol. The second kappa shape index (κ2) is 8.94. The van der Waals surface area contributed by atoms with Crippen molar-refractivity contribution in [3.63, 3.8) is 0 Å². The third kappa shape index (κ3) is 4.48. The van der Waals surface area contributed by atoms with Crippen molar-refractivity contribution in [1.82, 2.24) is 10.6 Å². The van der Waals surface area contributed by atoms with Crippen molar-refractivity contribution < 1.29 is 4.79 Å². The number of nitrogens with one attached hydrogen (secondary N) is 3. The number of hydrogen-bond acceptors (Lipinski definition) is 2. The molecule has 0 radical (unpaired) electrons. The van der Waals surface area contributed by atoms with Gasteiger partial charge in [0.25, 0.3) is 0 Å². The molecule has 2 aromatic rings. The van der Waals surface area contributed by atoms with E-state index in [0.29, 0.717) is 24.9 Å². The SMILES string of the molecule is CN=C(NCC1CC(=O)Nc2ccccc21)NC1CC1c1ccccc1C.I. The van der Waals surface area contributed by atoms with Crippen molar-refractivity contribution in [2.45, 2.75) is 37.6 Å². The highest BCUT2D eigenvalue weighted by molar-refractivity contribution is 14.0. The van der Waals surface area contributed by atoms with Gasteiger partial charge in [0.15, 0.2) is 5.96 Å². The lowest BCUT2D eigenvalue weighted by molar-refractivity contribution is -0.116. The zero-order chi connectivity index (χ0) is 18.8. The van der Waals surface area contributed by atoms with E-state index >= 15 is 0 Å². The summed E-state index contributed by atoms with van der Waals surface area (Å²) in [7, 11) is 1.79. The summed E-state index contributed by atoms with van der Waals surface area (Å²) in [5.41, 5.74) is 4.87. The fourth-order valence-corrected chi connectivity index (χ4v) is 3.98. The van der Waals surface area contributed by atoms with E-state index in [0.717, 1.165) is 18.1 Å². The van der Waals surface area contributed by atoms with Gasteiger partial charge in [-0.3, -0.25) is 9.79 Å². The highest BCUT2D eigenvalue weighted by Crippen LogP contribution is 2.42. The molecule has 1 heterocycles. The van der Waals surface area contributed by atoms with Crippen LogP contribution in [-0.4, -0.2) is 31.5 Å². The van der Waals surface area contributed by atoms with Crippen LogP contribution in [0.3, 0.4) is 0 Å². The van der Waals surface area contributed by atoms with Crippen LogP contribution in [0.1, 0.15) is 41.4 Å². The van der Waals surface area contributed by atoms with Gasteiger partial charge in [0, 0.05) is 43.6 Å². The molecule has 3 atom stereocenters. The van der Waals surface area contributed by atoms with E-state index < -0.39 is 0 Å². The van der Waals surface area contributed by atoms with Crippen LogP contribution in [0.25, 0.3) is 0 Å². The van der Waals surface area contributed by atoms with Crippen LogP contribution >= 0.6 is 24.0 Å². The molecule has 0 spiro atoms. The zero-order valence-corrected chi connectivity index (χ0v) is 18.6. The summed E-state index contributed by atoms with van der Waals surface area (Å²) in [5, 5.41) is 9.90. The molecule has 0 saturated heterocycles. The smallest absolute Gasteiger partial charge is 0.225 e. The van der Waals surface area contributed by atoms with Crippen LogP contribution in [0, 0.1) is 6.92 Å². The van der Waals surface area contributed by atoms with Crippen LogP contribution in [0.2, 0.25) is 0 Å². The minimum absolute atomic E-state index is 0. The maximum absolute atomic E-state index is 12.0. The van der Waals surface area contributed by atoms with Gasteiger partial charge in [-0.2, -0.15) is 0 Å². The number of carbonyl (C=O) groups is 1. The lowest BCUT2D eigenvalue weighted by Crippen LogP contribution is -2.42. The zero-order valence-electron chi connectivity index (χ0n) is 16.2. The minimum atomic E-state index is 0. The van der Waals surface area contributed by atoms with E-state index in [9.17, 15) is 4.79 Å². The number of rotatable bonds is 4. The van der Waals surface area contributed by atoms with E-state index in [4.69, 9.17) is 0 Å². The van der Waals surface area contributed by atoms with Crippen LogP contribution in [0.4, 0.5) is 5.69 Å². The van der Waals surface area contributed by atoms with Gasteiger partial charge in [-0.1, -0.05) is 42.5 Å². The Bertz CT molecular complexity index is 882. The largest absolute Gasteiger partial charge is 0.356 e. The van der Waals surface area contributed by atoms with E-state index in [-0.39, 0.29) is 35.8 Å². The molecule has 148 valence electrons. The molecule has 28 heavy (non-hydrogen) atoms. The minimum Gasteiger partial charge on any atom is -0.356 e. The molecule has 2 aliphatic rings. The Kier molecular flexibility index (Phi) is 6.59. The number of anilines is 1. The number of guanidine groups is 1. The average molecular weight is 490 g/mol. The van der Waals surface area contributed by atoms with Gasteiger partial charge in [-0.05, 0) is 36.1 Å². The first-order valence-corrected chi connectivity index (χ1v) is 9.57. The molecular formula is C22H27IN4O. The molecule has 0 bridgehead atoms. The predicted octanol–water partition coefficient (Wildman–Crippen LogP) is 3.76. The van der Waals surface area contributed by atoms with E-state index in [1.165, 1.54) is 16.7 Å². The number of carbonyl (C=O) groups excluding carboxylic acids is 1. The fourth-order valence-electron chi connectivity index (χ4n) is 3.98. The topological polar surface area (TPSA) is 65.5 Å². The second-order valence-corrected chi connectivity index (χ2v) is 7.44. The van der Waals surface area contributed by atoms with Gasteiger partial charge in [0.2, 0.25) is 5.91 Å². The Labute approximate surface area is 183 Å². The maximum atomic E-state index is 12.0. The van der Waals surface area contributed by atoms with Crippen molar-refractivity contribution in [3.05, 3.63) is 65.2 Å². The summed E-state index contributed by atoms with van der Waals surface area (Å²) in [6, 6.07) is 17.0. The van der Waals surface area contributed by atoms with E-state index in [2.05, 4.69) is 58.2 Å². The first kappa shape index (κ1) is 20.6. The van der Waals surface area contributed by atoms with Gasteiger partial charge >= 0.3 is 0 Å². The summed E-state index contributed by atoms with van der Waals surface area (Å²) < 4.78 is 0. The fraction of sp³-hybridized carbons (Fsp3) is 0.364. The number of nitrogens with zero attached hydrogens (tertiary/aromatic N) is 1. The molecule has 1 fully saturated rings.